The van der Waals surface area contributed by atoms with E-state index in [0.29, 0.717) is 17.0 Å². The van der Waals surface area contributed by atoms with Gasteiger partial charge in [-0.3, -0.25) is 4.79 Å². The van der Waals surface area contributed by atoms with Gasteiger partial charge in [-0.1, -0.05) is 37.3 Å². The van der Waals surface area contributed by atoms with Crippen LogP contribution in [0.25, 0.3) is 16.9 Å². The fourth-order valence-electron chi connectivity index (χ4n) is 2.99. The second kappa shape index (κ2) is 9.47. The second-order valence-electron chi connectivity index (χ2n) is 7.73. The summed E-state index contributed by atoms with van der Waals surface area (Å²) in [4.78, 5) is 25.1. The quantitative estimate of drug-likeness (QED) is 0.556. The lowest BCUT2D eigenvalue weighted by atomic mass is 10.0. The van der Waals surface area contributed by atoms with Crippen molar-refractivity contribution in [3.63, 3.8) is 0 Å². The summed E-state index contributed by atoms with van der Waals surface area (Å²) in [6.07, 6.45) is 2.36. The Morgan fingerprint density at radius 1 is 1.06 bits per heavy atom. The van der Waals surface area contributed by atoms with Gasteiger partial charge < -0.3 is 14.8 Å². The minimum absolute atomic E-state index is 0.246. The molecule has 0 bridgehead atoms. The summed E-state index contributed by atoms with van der Waals surface area (Å²) in [6, 6.07) is 16.7. The van der Waals surface area contributed by atoms with Crippen LogP contribution in [0.2, 0.25) is 0 Å². The van der Waals surface area contributed by atoms with E-state index in [2.05, 4.69) is 10.4 Å². The van der Waals surface area contributed by atoms with E-state index in [4.69, 9.17) is 9.47 Å². The Balaban J connectivity index is 1.92. The van der Waals surface area contributed by atoms with Gasteiger partial charge in [-0.15, -0.1) is 0 Å². The molecule has 1 amide bonds. The zero-order valence-electron chi connectivity index (χ0n) is 18.2. The van der Waals surface area contributed by atoms with Gasteiger partial charge in [-0.05, 0) is 44.5 Å². The van der Waals surface area contributed by atoms with Gasteiger partial charge in [-0.25, -0.2) is 9.48 Å². The summed E-state index contributed by atoms with van der Waals surface area (Å²) in [5.41, 5.74) is 1.74. The first-order valence-electron chi connectivity index (χ1n) is 10.1. The first kappa shape index (κ1) is 22.1. The lowest BCUT2D eigenvalue weighted by Crippen LogP contribution is -2.44. The number of benzene rings is 2. The highest BCUT2D eigenvalue weighted by Crippen LogP contribution is 2.32. The second-order valence-corrected chi connectivity index (χ2v) is 7.73. The van der Waals surface area contributed by atoms with Gasteiger partial charge in [0.05, 0.1) is 12.8 Å². The first-order chi connectivity index (χ1) is 14.8. The molecular formula is C24H27N3O4. The van der Waals surface area contributed by atoms with Gasteiger partial charge in [0, 0.05) is 17.3 Å². The van der Waals surface area contributed by atoms with Crippen molar-refractivity contribution in [3.05, 3.63) is 66.4 Å². The fraction of sp³-hybridized carbons (Fsp3) is 0.292. The Bertz CT molecular complexity index is 1060. The lowest BCUT2D eigenvalue weighted by Gasteiger charge is -2.24. The molecule has 0 saturated heterocycles. The maximum atomic E-state index is 12.9. The summed E-state index contributed by atoms with van der Waals surface area (Å²) >= 11 is 0. The molecule has 0 aliphatic rings. The molecule has 0 atom stereocenters. The van der Waals surface area contributed by atoms with Crippen LogP contribution in [-0.4, -0.2) is 40.9 Å². The van der Waals surface area contributed by atoms with Crippen molar-refractivity contribution in [3.8, 4) is 22.7 Å². The number of hydrogen-bond acceptors (Lipinski definition) is 5. The number of amides is 1. The average molecular weight is 421 g/mol. The number of hydrogen-bond donors (Lipinski definition) is 1. The standard InChI is InChI=1S/C24H27N3O4/c1-5-24(2,3)25-21(28)16-31-23(29)19-15-27(17-11-7-6-8-12-17)26-22(19)18-13-9-10-14-20(18)30-4/h6-15H,5,16H2,1-4H3,(H,25,28). The smallest absolute Gasteiger partial charge is 0.342 e. The summed E-state index contributed by atoms with van der Waals surface area (Å²) in [7, 11) is 1.56. The summed E-state index contributed by atoms with van der Waals surface area (Å²) in [6.45, 7) is 5.43. The molecule has 0 radical (unpaired) electrons. The van der Waals surface area contributed by atoms with Gasteiger partial charge in [0.25, 0.3) is 5.91 Å². The number of para-hydroxylation sites is 2. The zero-order chi connectivity index (χ0) is 22.4. The van der Waals surface area contributed by atoms with E-state index in [1.54, 1.807) is 24.1 Å². The Labute approximate surface area is 182 Å². The third kappa shape index (κ3) is 5.31. The Kier molecular flexibility index (Phi) is 6.74. The van der Waals surface area contributed by atoms with Crippen LogP contribution in [0, 0.1) is 0 Å². The number of aromatic nitrogens is 2. The van der Waals surface area contributed by atoms with Gasteiger partial charge >= 0.3 is 5.97 Å². The minimum Gasteiger partial charge on any atom is -0.496 e. The molecule has 0 aliphatic carbocycles. The average Bonchev–Trinajstić information content (AvgIpc) is 3.23. The molecule has 1 aromatic heterocycles. The van der Waals surface area contributed by atoms with Crippen molar-refractivity contribution in [2.75, 3.05) is 13.7 Å². The van der Waals surface area contributed by atoms with E-state index in [1.807, 2.05) is 69.3 Å². The molecule has 2 aromatic carbocycles. The van der Waals surface area contributed by atoms with Crippen molar-refractivity contribution in [2.45, 2.75) is 32.7 Å². The van der Waals surface area contributed by atoms with Crippen LogP contribution in [0.5, 0.6) is 5.75 Å². The highest BCUT2D eigenvalue weighted by molar-refractivity contribution is 5.98. The van der Waals surface area contributed by atoms with Crippen LogP contribution in [0.15, 0.2) is 60.8 Å². The number of esters is 1. The molecule has 7 heteroatoms. The summed E-state index contributed by atoms with van der Waals surface area (Å²) < 4.78 is 12.4. The van der Waals surface area contributed by atoms with E-state index in [9.17, 15) is 9.59 Å². The summed E-state index contributed by atoms with van der Waals surface area (Å²) in [5, 5.41) is 7.47. The van der Waals surface area contributed by atoms with Crippen molar-refractivity contribution in [1.82, 2.24) is 15.1 Å². The Morgan fingerprint density at radius 2 is 1.74 bits per heavy atom. The van der Waals surface area contributed by atoms with E-state index >= 15 is 0 Å². The van der Waals surface area contributed by atoms with E-state index < -0.39 is 5.97 Å². The largest absolute Gasteiger partial charge is 0.496 e. The number of methoxy groups -OCH3 is 1. The number of rotatable bonds is 8. The topological polar surface area (TPSA) is 82.5 Å². The number of ether oxygens (including phenoxy) is 2. The third-order valence-electron chi connectivity index (χ3n) is 5.01. The molecule has 0 spiro atoms. The molecule has 3 rings (SSSR count). The molecule has 0 saturated carbocycles. The van der Waals surface area contributed by atoms with Gasteiger partial charge in [0.1, 0.15) is 17.0 Å². The molecule has 31 heavy (non-hydrogen) atoms. The van der Waals surface area contributed by atoms with Crippen molar-refractivity contribution in [1.29, 1.82) is 0 Å². The highest BCUT2D eigenvalue weighted by atomic mass is 16.5. The predicted octanol–water partition coefficient (Wildman–Crippen LogP) is 4.01. The fourth-order valence-corrected chi connectivity index (χ4v) is 2.99. The maximum Gasteiger partial charge on any atom is 0.342 e. The van der Waals surface area contributed by atoms with Crippen LogP contribution in [0.1, 0.15) is 37.6 Å². The van der Waals surface area contributed by atoms with E-state index in [-0.39, 0.29) is 23.6 Å². The lowest BCUT2D eigenvalue weighted by molar-refractivity contribution is -0.125. The number of carbonyl (C=O) groups is 2. The molecule has 1 N–H and O–H groups in total. The Morgan fingerprint density at radius 3 is 2.42 bits per heavy atom. The molecule has 1 heterocycles. The predicted molar refractivity (Wildman–Crippen MR) is 118 cm³/mol. The number of nitrogens with one attached hydrogen (secondary N) is 1. The molecular weight excluding hydrogens is 394 g/mol. The first-order valence-corrected chi connectivity index (χ1v) is 10.1. The summed E-state index contributed by atoms with van der Waals surface area (Å²) in [5.74, 6) is -0.403. The van der Waals surface area contributed by atoms with E-state index in [0.717, 1.165) is 12.1 Å². The molecule has 0 aliphatic heterocycles. The van der Waals surface area contributed by atoms with Gasteiger partial charge in [0.2, 0.25) is 0 Å². The molecule has 3 aromatic rings. The Hall–Kier alpha value is -3.61. The van der Waals surface area contributed by atoms with Crippen LogP contribution in [0.4, 0.5) is 0 Å². The van der Waals surface area contributed by atoms with Crippen LogP contribution in [-0.2, 0) is 9.53 Å². The van der Waals surface area contributed by atoms with Gasteiger partial charge in [-0.2, -0.15) is 5.10 Å². The van der Waals surface area contributed by atoms with Gasteiger partial charge in [0.15, 0.2) is 6.61 Å². The molecule has 0 fully saturated rings. The van der Waals surface area contributed by atoms with Crippen molar-refractivity contribution in [2.24, 2.45) is 0 Å². The maximum absolute atomic E-state index is 12.9. The number of carbonyl (C=O) groups excluding carboxylic acids is 2. The zero-order valence-corrected chi connectivity index (χ0v) is 18.2. The van der Waals surface area contributed by atoms with Crippen LogP contribution >= 0.6 is 0 Å². The highest BCUT2D eigenvalue weighted by Gasteiger charge is 2.24. The monoisotopic (exact) mass is 421 g/mol. The normalized spacial score (nSPS) is 11.1. The van der Waals surface area contributed by atoms with Crippen LogP contribution in [0.3, 0.4) is 0 Å². The number of nitrogens with zero attached hydrogens (tertiary/aromatic N) is 2. The molecule has 162 valence electrons. The van der Waals surface area contributed by atoms with Crippen molar-refractivity contribution >= 4 is 11.9 Å². The SMILES string of the molecule is CCC(C)(C)NC(=O)COC(=O)c1cn(-c2ccccc2)nc1-c1ccccc1OC. The molecule has 0 unspecified atom stereocenters. The van der Waals surface area contributed by atoms with E-state index in [1.165, 1.54) is 0 Å². The minimum atomic E-state index is -0.632. The molecule has 7 nitrogen and oxygen atoms in total. The third-order valence-corrected chi connectivity index (χ3v) is 5.01. The van der Waals surface area contributed by atoms with Crippen molar-refractivity contribution < 1.29 is 19.1 Å². The van der Waals surface area contributed by atoms with Crippen LogP contribution < -0.4 is 10.1 Å².